The lowest BCUT2D eigenvalue weighted by molar-refractivity contribution is -0.263. The van der Waals surface area contributed by atoms with Gasteiger partial charge in [-0.05, 0) is 7.05 Å². The van der Waals surface area contributed by atoms with Gasteiger partial charge in [-0.2, -0.15) is 13.2 Å². The Bertz CT molecular complexity index is 270. The molecule has 16 heavy (non-hydrogen) atoms. The van der Waals surface area contributed by atoms with Crippen molar-refractivity contribution < 1.29 is 22.7 Å². The van der Waals surface area contributed by atoms with Gasteiger partial charge in [-0.1, -0.05) is 0 Å². The molecule has 0 aromatic carbocycles. The van der Waals surface area contributed by atoms with Crippen LogP contribution in [0.4, 0.5) is 13.2 Å². The largest absolute Gasteiger partial charge is 0.419 e. The first-order valence-electron chi connectivity index (χ1n) is 4.90. The van der Waals surface area contributed by atoms with E-state index in [1.165, 1.54) is 4.90 Å². The molecular weight excluding hydrogens is 225 g/mol. The van der Waals surface area contributed by atoms with Gasteiger partial charge in [-0.15, -0.1) is 0 Å². The topological polar surface area (TPSA) is 41.6 Å². The monoisotopic (exact) mass is 240 g/mol. The Morgan fingerprint density at radius 2 is 2.19 bits per heavy atom. The van der Waals surface area contributed by atoms with Crippen molar-refractivity contribution in [3.63, 3.8) is 0 Å². The summed E-state index contributed by atoms with van der Waals surface area (Å²) in [4.78, 5) is 12.6. The van der Waals surface area contributed by atoms with Gasteiger partial charge in [-0.25, -0.2) is 0 Å². The number of hydrogen-bond acceptors (Lipinski definition) is 3. The third-order valence-corrected chi connectivity index (χ3v) is 2.82. The molecule has 1 unspecified atom stereocenters. The number of rotatable bonds is 3. The summed E-state index contributed by atoms with van der Waals surface area (Å²) in [6.45, 7) is -0.307. The summed E-state index contributed by atoms with van der Waals surface area (Å²) in [5.74, 6) is -0.342. The van der Waals surface area contributed by atoms with Gasteiger partial charge in [0.2, 0.25) is 5.91 Å². The van der Waals surface area contributed by atoms with E-state index in [9.17, 15) is 18.0 Å². The van der Waals surface area contributed by atoms with Crippen molar-refractivity contribution in [1.29, 1.82) is 0 Å². The second-order valence-electron chi connectivity index (χ2n) is 3.79. The molecule has 1 atom stereocenters. The third-order valence-electron chi connectivity index (χ3n) is 2.82. The van der Waals surface area contributed by atoms with Crippen molar-refractivity contribution >= 4 is 5.91 Å². The number of alkyl halides is 3. The number of nitrogens with zero attached hydrogens (tertiary/aromatic N) is 1. The van der Waals surface area contributed by atoms with Crippen LogP contribution in [0.2, 0.25) is 0 Å². The smallest absolute Gasteiger partial charge is 0.367 e. The first kappa shape index (κ1) is 13.2. The van der Waals surface area contributed by atoms with Gasteiger partial charge in [0.25, 0.3) is 0 Å². The van der Waals surface area contributed by atoms with Crippen LogP contribution in [0.1, 0.15) is 6.42 Å². The minimum Gasteiger partial charge on any atom is -0.367 e. The van der Waals surface area contributed by atoms with Crippen LogP contribution in [0.5, 0.6) is 0 Å². The van der Waals surface area contributed by atoms with Crippen LogP contribution in [-0.4, -0.2) is 56.4 Å². The lowest BCUT2D eigenvalue weighted by Crippen LogP contribution is -2.50. The van der Waals surface area contributed by atoms with Crippen LogP contribution in [0.3, 0.4) is 0 Å². The predicted octanol–water partition coefficient (Wildman–Crippen LogP) is 0.386. The van der Waals surface area contributed by atoms with E-state index in [0.717, 1.165) is 7.11 Å². The highest BCUT2D eigenvalue weighted by molar-refractivity contribution is 5.78. The molecule has 0 aliphatic carbocycles. The molecule has 1 fully saturated rings. The van der Waals surface area contributed by atoms with Crippen molar-refractivity contribution in [2.45, 2.75) is 18.2 Å². The maximum atomic E-state index is 12.8. The number of methoxy groups -OCH3 is 1. The second-order valence-corrected chi connectivity index (χ2v) is 3.79. The molecule has 0 bridgehead atoms. The van der Waals surface area contributed by atoms with Gasteiger partial charge in [0.05, 0.1) is 13.1 Å². The van der Waals surface area contributed by atoms with Gasteiger partial charge in [0.1, 0.15) is 0 Å². The van der Waals surface area contributed by atoms with E-state index in [2.05, 4.69) is 10.1 Å². The molecule has 7 heteroatoms. The minimum absolute atomic E-state index is 0.0393. The fourth-order valence-corrected chi connectivity index (χ4v) is 1.77. The van der Waals surface area contributed by atoms with Crippen LogP contribution in [-0.2, 0) is 9.53 Å². The summed E-state index contributed by atoms with van der Waals surface area (Å²) < 4.78 is 42.9. The molecular formula is C9H15F3N2O2. The highest BCUT2D eigenvalue weighted by atomic mass is 19.4. The van der Waals surface area contributed by atoms with Crippen molar-refractivity contribution in [3.8, 4) is 0 Å². The van der Waals surface area contributed by atoms with E-state index in [1.807, 2.05) is 0 Å². The molecule has 1 amide bonds. The Balaban J connectivity index is 2.72. The molecule has 0 aromatic heterocycles. The van der Waals surface area contributed by atoms with Crippen LogP contribution >= 0.6 is 0 Å². The fourth-order valence-electron chi connectivity index (χ4n) is 1.77. The second kappa shape index (κ2) is 4.58. The predicted molar refractivity (Wildman–Crippen MR) is 50.9 cm³/mol. The van der Waals surface area contributed by atoms with Gasteiger partial charge >= 0.3 is 6.18 Å². The Kier molecular flexibility index (Phi) is 3.80. The van der Waals surface area contributed by atoms with Crippen molar-refractivity contribution in [2.75, 3.05) is 33.8 Å². The minimum atomic E-state index is -4.45. The normalized spacial score (nSPS) is 26.2. The number of carbonyl (C=O) groups excluding carboxylic acids is 1. The quantitative estimate of drug-likeness (QED) is 0.775. The zero-order valence-electron chi connectivity index (χ0n) is 9.23. The van der Waals surface area contributed by atoms with Crippen LogP contribution in [0.25, 0.3) is 0 Å². The first-order valence-corrected chi connectivity index (χ1v) is 4.90. The van der Waals surface area contributed by atoms with Crippen molar-refractivity contribution in [2.24, 2.45) is 0 Å². The Hall–Kier alpha value is -0.820. The molecule has 1 heterocycles. The SMILES string of the molecule is CNCC(=O)N1CCC(OC)(C(F)(F)F)C1. The van der Waals surface area contributed by atoms with Crippen LogP contribution in [0.15, 0.2) is 0 Å². The van der Waals surface area contributed by atoms with Crippen LogP contribution in [0, 0.1) is 0 Å². The van der Waals surface area contributed by atoms with Crippen molar-refractivity contribution in [3.05, 3.63) is 0 Å². The summed E-state index contributed by atoms with van der Waals surface area (Å²) in [6, 6.07) is 0. The van der Waals surface area contributed by atoms with Crippen LogP contribution < -0.4 is 5.32 Å². The van der Waals surface area contributed by atoms with E-state index >= 15 is 0 Å². The summed E-state index contributed by atoms with van der Waals surface area (Å²) in [5, 5.41) is 2.62. The zero-order chi connectivity index (χ0) is 12.4. The molecule has 94 valence electrons. The lowest BCUT2D eigenvalue weighted by atomic mass is 10.0. The number of likely N-dealkylation sites (N-methyl/N-ethyl adjacent to an activating group) is 1. The average Bonchev–Trinajstić information content (AvgIpc) is 2.62. The highest BCUT2D eigenvalue weighted by Crippen LogP contribution is 2.40. The lowest BCUT2D eigenvalue weighted by Gasteiger charge is -2.30. The van der Waals surface area contributed by atoms with E-state index in [4.69, 9.17) is 0 Å². The number of carbonyl (C=O) groups is 1. The zero-order valence-corrected chi connectivity index (χ0v) is 9.23. The Morgan fingerprint density at radius 3 is 2.56 bits per heavy atom. The number of amides is 1. The van der Waals surface area contributed by atoms with Gasteiger partial charge in [0.15, 0.2) is 5.60 Å². The maximum absolute atomic E-state index is 12.8. The molecule has 1 rings (SSSR count). The summed E-state index contributed by atoms with van der Waals surface area (Å²) in [7, 11) is 2.60. The average molecular weight is 240 g/mol. The molecule has 1 aliphatic rings. The third kappa shape index (κ3) is 2.30. The number of likely N-dealkylation sites (tertiary alicyclic amines) is 1. The fraction of sp³-hybridized carbons (Fsp3) is 0.889. The van der Waals surface area contributed by atoms with E-state index in [-0.39, 0.29) is 25.4 Å². The number of nitrogens with one attached hydrogen (secondary N) is 1. The molecule has 1 N–H and O–H groups in total. The maximum Gasteiger partial charge on any atom is 0.419 e. The number of hydrogen-bond donors (Lipinski definition) is 1. The molecule has 1 aliphatic heterocycles. The Morgan fingerprint density at radius 1 is 1.56 bits per heavy atom. The van der Waals surface area contributed by atoms with E-state index in [1.54, 1.807) is 7.05 Å². The number of ether oxygens (including phenoxy) is 1. The first-order chi connectivity index (χ1) is 7.36. The molecule has 4 nitrogen and oxygen atoms in total. The standard InChI is InChI=1S/C9H15F3N2O2/c1-13-5-7(15)14-4-3-8(6-14,16-2)9(10,11)12/h13H,3-6H2,1-2H3. The molecule has 0 aromatic rings. The molecule has 1 saturated heterocycles. The van der Waals surface area contributed by atoms with Gasteiger partial charge in [-0.3, -0.25) is 4.79 Å². The Labute approximate surface area is 91.7 Å². The molecule has 0 radical (unpaired) electrons. The van der Waals surface area contributed by atoms with E-state index in [0.29, 0.717) is 0 Å². The summed E-state index contributed by atoms with van der Waals surface area (Å²) in [5.41, 5.74) is -2.20. The van der Waals surface area contributed by atoms with Gasteiger partial charge < -0.3 is 15.0 Å². The van der Waals surface area contributed by atoms with Crippen molar-refractivity contribution in [1.82, 2.24) is 10.2 Å². The molecule has 0 saturated carbocycles. The summed E-state index contributed by atoms with van der Waals surface area (Å²) in [6.07, 6.45) is -4.65. The number of halogens is 3. The van der Waals surface area contributed by atoms with E-state index < -0.39 is 18.3 Å². The van der Waals surface area contributed by atoms with Gasteiger partial charge in [0, 0.05) is 20.1 Å². The highest BCUT2D eigenvalue weighted by Gasteiger charge is 2.59. The summed E-state index contributed by atoms with van der Waals surface area (Å²) >= 11 is 0. The molecule has 0 spiro atoms.